The van der Waals surface area contributed by atoms with Gasteiger partial charge >= 0.3 is 0 Å². The van der Waals surface area contributed by atoms with Gasteiger partial charge in [-0.25, -0.2) is 0 Å². The maximum atomic E-state index is 6.52. The first kappa shape index (κ1) is 12.0. The van der Waals surface area contributed by atoms with Crippen molar-refractivity contribution in [2.75, 3.05) is 0 Å². The summed E-state index contributed by atoms with van der Waals surface area (Å²) < 4.78 is 6.52. The summed E-state index contributed by atoms with van der Waals surface area (Å²) in [5.41, 5.74) is 0.960. The van der Waals surface area contributed by atoms with Crippen molar-refractivity contribution < 1.29 is 4.74 Å². The standard InChI is InChI=1S/C16H28O/c1-15(2)12-9-10-16(15,3)14(11-12)17-13-7-5-4-6-8-13/h12-14H,4-11H2,1-3H3. The van der Waals surface area contributed by atoms with Crippen molar-refractivity contribution in [3.05, 3.63) is 0 Å². The topological polar surface area (TPSA) is 9.23 Å². The van der Waals surface area contributed by atoms with Crippen molar-refractivity contribution in [2.24, 2.45) is 16.7 Å². The fourth-order valence-electron chi connectivity index (χ4n) is 4.77. The zero-order chi connectivity index (χ0) is 12.1. The second-order valence-electron chi connectivity index (χ2n) is 7.50. The van der Waals surface area contributed by atoms with Gasteiger partial charge in [-0.1, -0.05) is 40.0 Å². The van der Waals surface area contributed by atoms with Crippen LogP contribution in [0.4, 0.5) is 0 Å². The van der Waals surface area contributed by atoms with Crippen molar-refractivity contribution >= 4 is 0 Å². The summed E-state index contributed by atoms with van der Waals surface area (Å²) in [4.78, 5) is 0. The fourth-order valence-corrected chi connectivity index (χ4v) is 4.77. The molecule has 0 aromatic heterocycles. The van der Waals surface area contributed by atoms with Crippen LogP contribution in [0.1, 0.15) is 72.1 Å². The van der Waals surface area contributed by atoms with Crippen molar-refractivity contribution in [1.29, 1.82) is 0 Å². The summed E-state index contributed by atoms with van der Waals surface area (Å²) in [5, 5.41) is 0. The predicted octanol–water partition coefficient (Wildman–Crippen LogP) is 4.55. The molecule has 1 heteroatoms. The highest BCUT2D eigenvalue weighted by atomic mass is 16.5. The average molecular weight is 236 g/mol. The average Bonchev–Trinajstić information content (AvgIpc) is 2.63. The maximum Gasteiger partial charge on any atom is 0.0640 e. The van der Waals surface area contributed by atoms with Gasteiger partial charge in [0.2, 0.25) is 0 Å². The van der Waals surface area contributed by atoms with Crippen LogP contribution in [0.5, 0.6) is 0 Å². The van der Waals surface area contributed by atoms with Crippen LogP contribution in [-0.4, -0.2) is 12.2 Å². The number of fused-ring (bicyclic) bond motifs is 2. The molecule has 0 aromatic rings. The Bertz CT molecular complexity index is 290. The molecule has 3 unspecified atom stereocenters. The molecule has 3 atom stereocenters. The first-order chi connectivity index (χ1) is 8.04. The lowest BCUT2D eigenvalue weighted by Crippen LogP contribution is -2.39. The molecule has 0 aliphatic heterocycles. The molecule has 3 rings (SSSR count). The molecule has 0 amide bonds. The number of rotatable bonds is 2. The molecule has 0 saturated heterocycles. The van der Waals surface area contributed by atoms with E-state index in [4.69, 9.17) is 4.74 Å². The maximum absolute atomic E-state index is 6.52. The van der Waals surface area contributed by atoms with Gasteiger partial charge in [0.15, 0.2) is 0 Å². The van der Waals surface area contributed by atoms with E-state index in [0.717, 1.165) is 5.92 Å². The van der Waals surface area contributed by atoms with Gasteiger partial charge in [0.05, 0.1) is 12.2 Å². The molecule has 0 N–H and O–H groups in total. The molecule has 3 fully saturated rings. The van der Waals surface area contributed by atoms with Crippen LogP contribution in [0.25, 0.3) is 0 Å². The molecule has 3 aliphatic rings. The van der Waals surface area contributed by atoms with Crippen molar-refractivity contribution in [1.82, 2.24) is 0 Å². The van der Waals surface area contributed by atoms with Gasteiger partial charge in [-0.2, -0.15) is 0 Å². The Kier molecular flexibility index (Phi) is 2.81. The van der Waals surface area contributed by atoms with E-state index in [1.165, 1.54) is 51.4 Å². The predicted molar refractivity (Wildman–Crippen MR) is 71.0 cm³/mol. The quantitative estimate of drug-likeness (QED) is 0.683. The lowest BCUT2D eigenvalue weighted by atomic mass is 9.70. The highest BCUT2D eigenvalue weighted by Gasteiger charge is 2.62. The zero-order valence-corrected chi connectivity index (χ0v) is 11.8. The summed E-state index contributed by atoms with van der Waals surface area (Å²) >= 11 is 0. The zero-order valence-electron chi connectivity index (χ0n) is 11.8. The summed E-state index contributed by atoms with van der Waals surface area (Å²) in [6, 6.07) is 0. The monoisotopic (exact) mass is 236 g/mol. The molecular formula is C16H28O. The summed E-state index contributed by atoms with van der Waals surface area (Å²) in [6.45, 7) is 7.46. The second-order valence-corrected chi connectivity index (χ2v) is 7.50. The Labute approximate surface area is 106 Å². The summed E-state index contributed by atoms with van der Waals surface area (Å²) in [6.07, 6.45) is 12.1. The van der Waals surface area contributed by atoms with Gasteiger partial charge < -0.3 is 4.74 Å². The van der Waals surface area contributed by atoms with E-state index in [0.29, 0.717) is 23.0 Å². The normalized spacial score (nSPS) is 45.4. The van der Waals surface area contributed by atoms with Crippen molar-refractivity contribution in [2.45, 2.75) is 84.3 Å². The molecule has 0 spiro atoms. The van der Waals surface area contributed by atoms with Crippen LogP contribution in [0.3, 0.4) is 0 Å². The fraction of sp³-hybridized carbons (Fsp3) is 1.00. The van der Waals surface area contributed by atoms with Crippen molar-refractivity contribution in [3.63, 3.8) is 0 Å². The minimum Gasteiger partial charge on any atom is -0.374 e. The largest absolute Gasteiger partial charge is 0.374 e. The second kappa shape index (κ2) is 3.98. The molecule has 98 valence electrons. The van der Waals surface area contributed by atoms with Gasteiger partial charge in [-0.3, -0.25) is 0 Å². The Morgan fingerprint density at radius 2 is 1.65 bits per heavy atom. The summed E-state index contributed by atoms with van der Waals surface area (Å²) in [5.74, 6) is 0.918. The third kappa shape index (κ3) is 1.69. The molecule has 2 bridgehead atoms. The molecule has 3 aliphatic carbocycles. The third-order valence-corrected chi connectivity index (χ3v) is 6.62. The van der Waals surface area contributed by atoms with E-state index in [-0.39, 0.29) is 0 Å². The lowest BCUT2D eigenvalue weighted by molar-refractivity contribution is -0.0961. The molecule has 3 saturated carbocycles. The highest BCUT2D eigenvalue weighted by Crippen LogP contribution is 2.66. The van der Waals surface area contributed by atoms with Crippen LogP contribution >= 0.6 is 0 Å². The molecule has 17 heavy (non-hydrogen) atoms. The van der Waals surface area contributed by atoms with E-state index in [9.17, 15) is 0 Å². The first-order valence-electron chi connectivity index (χ1n) is 7.69. The molecule has 0 radical (unpaired) electrons. The number of hydrogen-bond acceptors (Lipinski definition) is 1. The van der Waals surface area contributed by atoms with Gasteiger partial charge in [-0.15, -0.1) is 0 Å². The van der Waals surface area contributed by atoms with E-state index in [1.807, 2.05) is 0 Å². The lowest BCUT2D eigenvalue weighted by Gasteiger charge is -2.41. The van der Waals surface area contributed by atoms with Crippen LogP contribution in [0.15, 0.2) is 0 Å². The van der Waals surface area contributed by atoms with Crippen LogP contribution in [-0.2, 0) is 4.74 Å². The van der Waals surface area contributed by atoms with E-state index < -0.39 is 0 Å². The first-order valence-corrected chi connectivity index (χ1v) is 7.69. The summed E-state index contributed by atoms with van der Waals surface area (Å²) in [7, 11) is 0. The Balaban J connectivity index is 1.69. The SMILES string of the molecule is CC1(C)C2CCC1(C)C(OC1CCCCC1)C2. The third-order valence-electron chi connectivity index (χ3n) is 6.62. The Morgan fingerprint density at radius 3 is 2.18 bits per heavy atom. The molecule has 0 aromatic carbocycles. The minimum absolute atomic E-state index is 0.453. The number of ether oxygens (including phenoxy) is 1. The molecular weight excluding hydrogens is 208 g/mol. The Morgan fingerprint density at radius 1 is 0.941 bits per heavy atom. The van der Waals surface area contributed by atoms with Gasteiger partial charge in [0.1, 0.15) is 0 Å². The van der Waals surface area contributed by atoms with Crippen LogP contribution in [0, 0.1) is 16.7 Å². The van der Waals surface area contributed by atoms with Gasteiger partial charge in [-0.05, 0) is 48.9 Å². The Hall–Kier alpha value is -0.0400. The highest BCUT2D eigenvalue weighted by molar-refractivity contribution is 5.11. The minimum atomic E-state index is 0.453. The number of hydrogen-bond donors (Lipinski definition) is 0. The molecule has 1 nitrogen and oxygen atoms in total. The van der Waals surface area contributed by atoms with E-state index in [2.05, 4.69) is 20.8 Å². The van der Waals surface area contributed by atoms with Crippen LogP contribution in [0.2, 0.25) is 0 Å². The smallest absolute Gasteiger partial charge is 0.0640 e. The van der Waals surface area contributed by atoms with E-state index in [1.54, 1.807) is 0 Å². The van der Waals surface area contributed by atoms with Crippen molar-refractivity contribution in [3.8, 4) is 0 Å². The van der Waals surface area contributed by atoms with Crippen LogP contribution < -0.4 is 0 Å². The van der Waals surface area contributed by atoms with Gasteiger partial charge in [0, 0.05) is 0 Å². The van der Waals surface area contributed by atoms with Gasteiger partial charge in [0.25, 0.3) is 0 Å². The van der Waals surface area contributed by atoms with E-state index >= 15 is 0 Å². The molecule has 0 heterocycles.